The van der Waals surface area contributed by atoms with Gasteiger partial charge >= 0.3 is 5.91 Å². The number of anilines is 1. The van der Waals surface area contributed by atoms with Crippen LogP contribution in [0.25, 0.3) is 16.0 Å². The number of hydrogen-bond acceptors (Lipinski definition) is 8. The lowest BCUT2D eigenvalue weighted by atomic mass is 9.99. The summed E-state index contributed by atoms with van der Waals surface area (Å²) < 4.78 is 11.7. The highest BCUT2D eigenvalue weighted by molar-refractivity contribution is 7.22. The van der Waals surface area contributed by atoms with E-state index in [1.54, 1.807) is 24.3 Å². The van der Waals surface area contributed by atoms with E-state index < -0.39 is 17.7 Å². The van der Waals surface area contributed by atoms with Crippen molar-refractivity contribution in [3.05, 3.63) is 74.4 Å². The van der Waals surface area contributed by atoms with Crippen LogP contribution >= 0.6 is 34.3 Å². The van der Waals surface area contributed by atoms with Crippen LogP contribution in [0.1, 0.15) is 22.0 Å². The molecule has 0 spiro atoms. The van der Waals surface area contributed by atoms with Gasteiger partial charge < -0.3 is 14.6 Å². The quantitative estimate of drug-likeness (QED) is 0.196. The maximum atomic E-state index is 13.4. The number of amides is 1. The Labute approximate surface area is 213 Å². The number of benzene rings is 2. The minimum Gasteiger partial charge on any atom is -0.506 e. The zero-order valence-electron chi connectivity index (χ0n) is 18.9. The fraction of sp³-hybridized carbons (Fsp3) is 0.160. The standard InChI is InChI=1S/C25H19ClN2O5S2/c1-12-10-18-14(11-13(12)26)27-25(35-18)28-21(17-8-5-9-34-17)20(23(30)24(28)31)22(29)19-15(32-2)6-4-7-16(19)33-3/h4-11,21,29H,1-3H3/b22-20+. The molecule has 1 N–H and O–H groups in total. The predicted molar refractivity (Wildman–Crippen MR) is 138 cm³/mol. The number of aliphatic hydroxyl groups excluding tert-OH is 1. The van der Waals surface area contributed by atoms with E-state index in [0.717, 1.165) is 10.3 Å². The number of hydrogen-bond donors (Lipinski definition) is 1. The van der Waals surface area contributed by atoms with E-state index in [9.17, 15) is 14.7 Å². The maximum Gasteiger partial charge on any atom is 0.301 e. The second-order valence-corrected chi connectivity index (χ2v) is 10.2. The number of Topliss-reactive ketones (excluding diaryl/α,β-unsaturated/α-hetero) is 1. The lowest BCUT2D eigenvalue weighted by Gasteiger charge is -2.22. The SMILES string of the molecule is COc1cccc(OC)c1/C(O)=C1\C(=O)C(=O)N(c2nc3cc(Cl)c(C)cc3s2)C1c1cccs1. The summed E-state index contributed by atoms with van der Waals surface area (Å²) in [5.74, 6) is -1.35. The number of fused-ring (bicyclic) bond motifs is 1. The average molecular weight is 527 g/mol. The molecule has 0 aliphatic carbocycles. The molecule has 1 aliphatic rings. The Morgan fingerprint density at radius 2 is 1.83 bits per heavy atom. The number of aryl methyl sites for hydroxylation is 1. The second kappa shape index (κ2) is 8.99. The molecule has 178 valence electrons. The lowest BCUT2D eigenvalue weighted by Crippen LogP contribution is -2.28. The number of carbonyl (C=O) groups excluding carboxylic acids is 2. The highest BCUT2D eigenvalue weighted by Gasteiger charge is 2.49. The highest BCUT2D eigenvalue weighted by Crippen LogP contribution is 2.47. The molecule has 35 heavy (non-hydrogen) atoms. The normalized spacial score (nSPS) is 17.4. The van der Waals surface area contributed by atoms with Gasteiger partial charge in [-0.1, -0.05) is 35.1 Å². The van der Waals surface area contributed by atoms with E-state index in [4.69, 9.17) is 21.1 Å². The Bertz CT molecular complexity index is 1450. The minimum absolute atomic E-state index is 0.0614. The molecule has 1 unspecified atom stereocenters. The van der Waals surface area contributed by atoms with E-state index in [1.807, 2.05) is 30.5 Å². The van der Waals surface area contributed by atoms with E-state index in [1.165, 1.54) is 41.8 Å². The molecule has 2 aromatic heterocycles. The first-order valence-electron chi connectivity index (χ1n) is 10.5. The monoisotopic (exact) mass is 526 g/mol. The third kappa shape index (κ3) is 3.76. The van der Waals surface area contributed by atoms with Crippen molar-refractivity contribution in [3.63, 3.8) is 0 Å². The van der Waals surface area contributed by atoms with Crippen molar-refractivity contribution in [2.75, 3.05) is 19.1 Å². The van der Waals surface area contributed by atoms with Crippen molar-refractivity contribution < 1.29 is 24.2 Å². The highest BCUT2D eigenvalue weighted by atomic mass is 35.5. The van der Waals surface area contributed by atoms with Gasteiger partial charge in [0.2, 0.25) is 0 Å². The lowest BCUT2D eigenvalue weighted by molar-refractivity contribution is -0.132. The van der Waals surface area contributed by atoms with Gasteiger partial charge in [0.25, 0.3) is 5.78 Å². The summed E-state index contributed by atoms with van der Waals surface area (Å²) >= 11 is 8.93. The van der Waals surface area contributed by atoms with E-state index >= 15 is 0 Å². The number of aliphatic hydroxyl groups is 1. The number of nitrogens with zero attached hydrogens (tertiary/aromatic N) is 2. The Morgan fingerprint density at radius 1 is 1.11 bits per heavy atom. The molecule has 4 aromatic rings. The zero-order valence-corrected chi connectivity index (χ0v) is 21.3. The summed E-state index contributed by atoms with van der Waals surface area (Å²) in [5, 5.41) is 14.2. The largest absolute Gasteiger partial charge is 0.506 e. The molecule has 1 fully saturated rings. The third-order valence-electron chi connectivity index (χ3n) is 5.79. The van der Waals surface area contributed by atoms with Crippen LogP contribution in [0, 0.1) is 6.92 Å². The van der Waals surface area contributed by atoms with Crippen LogP contribution in [0.15, 0.2) is 53.4 Å². The number of carbonyl (C=O) groups is 2. The molecule has 7 nitrogen and oxygen atoms in total. The summed E-state index contributed by atoms with van der Waals surface area (Å²) in [6.07, 6.45) is 0. The summed E-state index contributed by atoms with van der Waals surface area (Å²) in [6.45, 7) is 1.89. The summed E-state index contributed by atoms with van der Waals surface area (Å²) in [7, 11) is 2.91. The van der Waals surface area contributed by atoms with E-state index in [2.05, 4.69) is 4.98 Å². The van der Waals surface area contributed by atoms with Crippen molar-refractivity contribution >= 4 is 67.1 Å². The topological polar surface area (TPSA) is 89.0 Å². The molecule has 1 aliphatic heterocycles. The van der Waals surface area contributed by atoms with Crippen LogP contribution in [0.2, 0.25) is 5.02 Å². The fourth-order valence-electron chi connectivity index (χ4n) is 4.11. The Balaban J connectivity index is 1.75. The molecule has 0 saturated carbocycles. The van der Waals surface area contributed by atoms with Crippen LogP contribution < -0.4 is 14.4 Å². The van der Waals surface area contributed by atoms with Crippen LogP contribution in [0.5, 0.6) is 11.5 Å². The number of ether oxygens (including phenoxy) is 2. The number of halogens is 1. The summed E-state index contributed by atoms with van der Waals surface area (Å²) in [4.78, 5) is 33.5. The van der Waals surface area contributed by atoms with Gasteiger partial charge in [-0.25, -0.2) is 4.98 Å². The van der Waals surface area contributed by atoms with Gasteiger partial charge in [-0.05, 0) is 48.2 Å². The van der Waals surface area contributed by atoms with Crippen molar-refractivity contribution in [3.8, 4) is 11.5 Å². The minimum atomic E-state index is -0.873. The van der Waals surface area contributed by atoms with Gasteiger partial charge in [0, 0.05) is 9.90 Å². The van der Waals surface area contributed by atoms with Crippen molar-refractivity contribution in [1.82, 2.24) is 4.98 Å². The first-order valence-corrected chi connectivity index (χ1v) is 12.6. The number of aromatic nitrogens is 1. The van der Waals surface area contributed by atoms with Crippen LogP contribution in [-0.2, 0) is 9.59 Å². The number of thiophene rings is 1. The van der Waals surface area contributed by atoms with E-state index in [0.29, 0.717) is 32.0 Å². The van der Waals surface area contributed by atoms with Crippen LogP contribution in [0.4, 0.5) is 5.13 Å². The molecule has 1 amide bonds. The smallest absolute Gasteiger partial charge is 0.301 e. The molecule has 10 heteroatoms. The Kier molecular flexibility index (Phi) is 6.00. The van der Waals surface area contributed by atoms with Crippen molar-refractivity contribution in [1.29, 1.82) is 0 Å². The summed E-state index contributed by atoms with van der Waals surface area (Å²) in [5.41, 5.74) is 1.64. The Hall–Kier alpha value is -3.40. The molecule has 1 atom stereocenters. The fourth-order valence-corrected chi connectivity index (χ4v) is 6.16. The van der Waals surface area contributed by atoms with Gasteiger partial charge in [0.15, 0.2) is 5.13 Å². The molecule has 5 rings (SSSR count). The summed E-state index contributed by atoms with van der Waals surface area (Å²) in [6, 6.07) is 11.4. The zero-order chi connectivity index (χ0) is 24.9. The average Bonchev–Trinajstić information content (AvgIpc) is 3.57. The van der Waals surface area contributed by atoms with E-state index in [-0.39, 0.29) is 16.9 Å². The van der Waals surface area contributed by atoms with Crippen LogP contribution in [-0.4, -0.2) is 36.0 Å². The molecule has 0 bridgehead atoms. The first kappa shape index (κ1) is 23.3. The molecule has 0 radical (unpaired) electrons. The number of methoxy groups -OCH3 is 2. The van der Waals surface area contributed by atoms with Crippen molar-refractivity contribution in [2.24, 2.45) is 0 Å². The first-order chi connectivity index (χ1) is 16.8. The predicted octanol–water partition coefficient (Wildman–Crippen LogP) is 5.96. The third-order valence-corrected chi connectivity index (χ3v) is 8.13. The molecular formula is C25H19ClN2O5S2. The van der Waals surface area contributed by atoms with Gasteiger partial charge in [-0.3, -0.25) is 14.5 Å². The Morgan fingerprint density at radius 3 is 2.46 bits per heavy atom. The van der Waals surface area contributed by atoms with Gasteiger partial charge in [-0.15, -0.1) is 11.3 Å². The van der Waals surface area contributed by atoms with Crippen molar-refractivity contribution in [2.45, 2.75) is 13.0 Å². The molecule has 1 saturated heterocycles. The number of rotatable bonds is 5. The number of thiazole rings is 1. The number of ketones is 1. The molecule has 3 heterocycles. The van der Waals surface area contributed by atoms with Gasteiger partial charge in [-0.2, -0.15) is 0 Å². The van der Waals surface area contributed by atoms with Crippen LogP contribution in [0.3, 0.4) is 0 Å². The molecular weight excluding hydrogens is 508 g/mol. The van der Waals surface area contributed by atoms with Gasteiger partial charge in [0.05, 0.1) is 30.0 Å². The second-order valence-electron chi connectivity index (χ2n) is 7.79. The maximum absolute atomic E-state index is 13.4. The molecule has 2 aromatic carbocycles. The van der Waals surface area contributed by atoms with Gasteiger partial charge in [0.1, 0.15) is 28.9 Å².